The lowest BCUT2D eigenvalue weighted by Gasteiger charge is -2.37. The predicted molar refractivity (Wildman–Crippen MR) is 129 cm³/mol. The first-order valence-corrected chi connectivity index (χ1v) is 10.7. The van der Waals surface area contributed by atoms with Gasteiger partial charge in [0.2, 0.25) is 0 Å². The molecule has 0 unspecified atom stereocenters. The molecule has 0 bridgehead atoms. The molecule has 3 N–H and O–H groups in total. The minimum Gasteiger partial charge on any atom is -0.497 e. The van der Waals surface area contributed by atoms with E-state index in [0.29, 0.717) is 5.56 Å². The summed E-state index contributed by atoms with van der Waals surface area (Å²) in [7, 11) is 1.64. The van der Waals surface area contributed by atoms with Crippen LogP contribution in [-0.4, -0.2) is 18.1 Å². The van der Waals surface area contributed by atoms with E-state index in [0.717, 1.165) is 28.0 Å². The molecule has 4 aromatic rings. The van der Waals surface area contributed by atoms with Crippen molar-refractivity contribution in [1.29, 1.82) is 0 Å². The van der Waals surface area contributed by atoms with Crippen LogP contribution in [0.15, 0.2) is 109 Å². The number of methoxy groups -OCH3 is 1. The highest BCUT2D eigenvalue weighted by Gasteiger charge is 2.36. The highest BCUT2D eigenvalue weighted by atomic mass is 16.5. The largest absolute Gasteiger partial charge is 0.497 e. The van der Waals surface area contributed by atoms with Crippen LogP contribution in [0.4, 0.5) is 0 Å². The van der Waals surface area contributed by atoms with Gasteiger partial charge in [-0.1, -0.05) is 84.9 Å². The number of nitrogens with one attached hydrogen (secondary N) is 2. The second-order valence-electron chi connectivity index (χ2n) is 7.64. The van der Waals surface area contributed by atoms with Gasteiger partial charge in [-0.25, -0.2) is 5.43 Å². The Morgan fingerprint density at radius 3 is 1.76 bits per heavy atom. The summed E-state index contributed by atoms with van der Waals surface area (Å²) >= 11 is 0. The number of aliphatic hydroxyl groups excluding tert-OH is 1. The number of amides is 1. The van der Waals surface area contributed by atoms with Crippen molar-refractivity contribution in [1.82, 2.24) is 10.9 Å². The molecule has 5 nitrogen and oxygen atoms in total. The molecule has 0 aliphatic heterocycles. The molecule has 1 amide bonds. The Hall–Kier alpha value is -3.93. The zero-order valence-corrected chi connectivity index (χ0v) is 18.4. The summed E-state index contributed by atoms with van der Waals surface area (Å²) in [5, 5.41) is 9.27. The van der Waals surface area contributed by atoms with Gasteiger partial charge in [-0.05, 0) is 46.5 Å². The number of carbonyl (C=O) groups excluding carboxylic acids is 1. The average molecular weight is 439 g/mol. The van der Waals surface area contributed by atoms with Gasteiger partial charge in [0.15, 0.2) is 0 Å². The lowest BCUT2D eigenvalue weighted by molar-refractivity contribution is 0.0918. The van der Waals surface area contributed by atoms with Crippen LogP contribution < -0.4 is 15.6 Å². The van der Waals surface area contributed by atoms with Crippen molar-refractivity contribution in [3.63, 3.8) is 0 Å². The van der Waals surface area contributed by atoms with Crippen molar-refractivity contribution in [3.05, 3.63) is 137 Å². The molecule has 0 radical (unpaired) electrons. The van der Waals surface area contributed by atoms with E-state index in [1.54, 1.807) is 31.4 Å². The van der Waals surface area contributed by atoms with Gasteiger partial charge in [-0.15, -0.1) is 0 Å². The van der Waals surface area contributed by atoms with E-state index >= 15 is 0 Å². The molecule has 0 fully saturated rings. The number of carbonyl (C=O) groups is 1. The van der Waals surface area contributed by atoms with Crippen molar-refractivity contribution in [2.75, 3.05) is 7.11 Å². The fraction of sp³-hybridized carbons (Fsp3) is 0.107. The topological polar surface area (TPSA) is 70.6 Å². The third-order valence-electron chi connectivity index (χ3n) is 5.70. The van der Waals surface area contributed by atoms with E-state index in [1.807, 2.05) is 84.9 Å². The Kier molecular flexibility index (Phi) is 6.83. The number of rotatable bonds is 8. The van der Waals surface area contributed by atoms with Gasteiger partial charge < -0.3 is 9.84 Å². The standard InChI is InChI=1S/C28H26N2O3/c1-33-26-18-16-25(17-19-26)28(23-8-4-2-5-9-23,24-10-6-3-7-11-24)30-29-27(32)22-14-12-21(20-31)13-15-22/h2-19,30-31H,20H2,1H3,(H,29,32). The summed E-state index contributed by atoms with van der Waals surface area (Å²) in [5.74, 6) is 0.478. The van der Waals surface area contributed by atoms with Crippen molar-refractivity contribution < 1.29 is 14.6 Å². The highest BCUT2D eigenvalue weighted by molar-refractivity contribution is 5.94. The molecule has 33 heavy (non-hydrogen) atoms. The first-order chi connectivity index (χ1) is 16.2. The molecule has 0 aliphatic carbocycles. The average Bonchev–Trinajstić information content (AvgIpc) is 2.90. The Morgan fingerprint density at radius 2 is 1.27 bits per heavy atom. The number of ether oxygens (including phenoxy) is 1. The number of hydrazine groups is 1. The Balaban J connectivity index is 1.79. The smallest absolute Gasteiger partial charge is 0.265 e. The van der Waals surface area contributed by atoms with Crippen molar-refractivity contribution >= 4 is 5.91 Å². The first-order valence-electron chi connectivity index (χ1n) is 10.7. The number of aliphatic hydroxyl groups is 1. The van der Waals surface area contributed by atoms with Crippen LogP contribution in [0.1, 0.15) is 32.6 Å². The van der Waals surface area contributed by atoms with Crippen molar-refractivity contribution in [2.24, 2.45) is 0 Å². The fourth-order valence-electron chi connectivity index (χ4n) is 3.92. The van der Waals surface area contributed by atoms with Crippen LogP contribution in [0, 0.1) is 0 Å². The van der Waals surface area contributed by atoms with E-state index in [9.17, 15) is 9.90 Å². The van der Waals surface area contributed by atoms with E-state index in [1.165, 1.54) is 0 Å². The normalized spacial score (nSPS) is 11.1. The summed E-state index contributed by atoms with van der Waals surface area (Å²) in [4.78, 5) is 13.0. The van der Waals surface area contributed by atoms with Gasteiger partial charge in [0.25, 0.3) is 5.91 Å². The molecule has 0 atom stereocenters. The van der Waals surface area contributed by atoms with E-state index in [-0.39, 0.29) is 12.5 Å². The maximum atomic E-state index is 13.0. The summed E-state index contributed by atoms with van der Waals surface area (Å²) in [6, 6.07) is 34.7. The lowest BCUT2D eigenvalue weighted by atomic mass is 9.77. The summed E-state index contributed by atoms with van der Waals surface area (Å²) < 4.78 is 5.36. The molecule has 0 aromatic heterocycles. The molecule has 0 saturated carbocycles. The van der Waals surface area contributed by atoms with Crippen molar-refractivity contribution in [3.8, 4) is 5.75 Å². The maximum Gasteiger partial charge on any atom is 0.265 e. The van der Waals surface area contributed by atoms with Gasteiger partial charge in [0.1, 0.15) is 11.3 Å². The molecule has 4 aromatic carbocycles. The lowest BCUT2D eigenvalue weighted by Crippen LogP contribution is -2.53. The number of hydrogen-bond acceptors (Lipinski definition) is 4. The first kappa shape index (κ1) is 22.3. The van der Waals surface area contributed by atoms with Crippen LogP contribution in [0.25, 0.3) is 0 Å². The second kappa shape index (κ2) is 10.1. The van der Waals surface area contributed by atoms with E-state index in [2.05, 4.69) is 10.9 Å². The Morgan fingerprint density at radius 1 is 0.758 bits per heavy atom. The molecule has 0 heterocycles. The minimum atomic E-state index is -0.852. The van der Waals surface area contributed by atoms with Gasteiger partial charge in [0.05, 0.1) is 13.7 Å². The van der Waals surface area contributed by atoms with Crippen molar-refractivity contribution in [2.45, 2.75) is 12.1 Å². The zero-order valence-electron chi connectivity index (χ0n) is 18.4. The van der Waals surface area contributed by atoms with Crippen LogP contribution in [0.3, 0.4) is 0 Å². The molecule has 4 rings (SSSR count). The van der Waals surface area contributed by atoms with Gasteiger partial charge in [0, 0.05) is 5.56 Å². The predicted octanol–water partition coefficient (Wildman–Crippen LogP) is 4.41. The van der Waals surface area contributed by atoms with E-state index < -0.39 is 5.54 Å². The minimum absolute atomic E-state index is 0.0667. The van der Waals surface area contributed by atoms with Crippen LogP contribution >= 0.6 is 0 Å². The molecule has 5 heteroatoms. The quantitative estimate of drug-likeness (QED) is 0.281. The molecule has 0 spiro atoms. The molecular formula is C28H26N2O3. The Labute approximate surface area is 193 Å². The van der Waals surface area contributed by atoms with Crippen LogP contribution in [0.2, 0.25) is 0 Å². The van der Waals surface area contributed by atoms with E-state index in [4.69, 9.17) is 4.74 Å². The van der Waals surface area contributed by atoms with Gasteiger partial charge in [-0.3, -0.25) is 10.2 Å². The van der Waals surface area contributed by atoms with Crippen LogP contribution in [-0.2, 0) is 12.1 Å². The molecule has 0 aliphatic rings. The second-order valence-corrected chi connectivity index (χ2v) is 7.64. The zero-order chi connectivity index (χ0) is 23.1. The maximum absolute atomic E-state index is 13.0. The van der Waals surface area contributed by atoms with Gasteiger partial charge in [-0.2, -0.15) is 0 Å². The Bertz CT molecular complexity index is 1140. The third-order valence-corrected chi connectivity index (χ3v) is 5.70. The monoisotopic (exact) mass is 438 g/mol. The molecular weight excluding hydrogens is 412 g/mol. The number of hydrogen-bond donors (Lipinski definition) is 3. The molecule has 0 saturated heterocycles. The molecule has 166 valence electrons. The number of benzene rings is 4. The van der Waals surface area contributed by atoms with Crippen LogP contribution in [0.5, 0.6) is 5.75 Å². The summed E-state index contributed by atoms with van der Waals surface area (Å²) in [5.41, 5.74) is 9.55. The summed E-state index contributed by atoms with van der Waals surface area (Å²) in [6.45, 7) is -0.0667. The fourth-order valence-corrected chi connectivity index (χ4v) is 3.92. The third kappa shape index (κ3) is 4.65. The highest BCUT2D eigenvalue weighted by Crippen LogP contribution is 2.37. The SMILES string of the molecule is COc1ccc(C(NNC(=O)c2ccc(CO)cc2)(c2ccccc2)c2ccccc2)cc1. The summed E-state index contributed by atoms with van der Waals surface area (Å²) in [6.07, 6.45) is 0. The van der Waals surface area contributed by atoms with Gasteiger partial charge >= 0.3 is 0 Å².